The Bertz CT molecular complexity index is 372. The molecule has 70 valence electrons. The molecule has 0 radical (unpaired) electrons. The molecule has 0 saturated carbocycles. The minimum absolute atomic E-state index is 0.0232. The summed E-state index contributed by atoms with van der Waals surface area (Å²) in [5, 5.41) is 0. The highest BCUT2D eigenvalue weighted by Crippen LogP contribution is 2.09. The molecule has 0 fully saturated rings. The van der Waals surface area contributed by atoms with E-state index in [0.717, 1.165) is 0 Å². The van der Waals surface area contributed by atoms with E-state index in [9.17, 15) is 8.42 Å². The number of rotatable bonds is 4. The van der Waals surface area contributed by atoms with Gasteiger partial charge >= 0.3 is 0 Å². The van der Waals surface area contributed by atoms with Crippen molar-refractivity contribution in [2.45, 2.75) is 4.90 Å². The first kappa shape index (κ1) is 9.88. The first-order valence-electron chi connectivity index (χ1n) is 3.57. The number of aromatic nitrogens is 1. The second-order valence-corrected chi connectivity index (χ2v) is 3.83. The monoisotopic (exact) mass is 199 g/mol. The summed E-state index contributed by atoms with van der Waals surface area (Å²) in [7, 11) is -3.63. The lowest BCUT2D eigenvalue weighted by molar-refractivity contribution is 0.357. The van der Waals surface area contributed by atoms with Gasteiger partial charge in [-0.3, -0.25) is 9.17 Å². The van der Waals surface area contributed by atoms with Crippen LogP contribution in [0, 0.1) is 0 Å². The summed E-state index contributed by atoms with van der Waals surface area (Å²) in [6.45, 7) is 3.33. The Labute approximate surface area is 77.0 Å². The number of nitrogens with zero attached hydrogens (tertiary/aromatic N) is 1. The molecule has 1 heterocycles. The van der Waals surface area contributed by atoms with Gasteiger partial charge in [-0.05, 0) is 12.1 Å². The van der Waals surface area contributed by atoms with Gasteiger partial charge in [-0.25, -0.2) is 0 Å². The molecular formula is C8H9NO3S. The second-order valence-electron chi connectivity index (χ2n) is 2.21. The fraction of sp³-hybridized carbons (Fsp3) is 0.125. The van der Waals surface area contributed by atoms with Crippen LogP contribution in [0.2, 0.25) is 0 Å². The number of hydrogen-bond acceptors (Lipinski definition) is 4. The molecule has 1 rings (SSSR count). The van der Waals surface area contributed by atoms with E-state index in [-0.39, 0.29) is 11.5 Å². The van der Waals surface area contributed by atoms with Crippen LogP contribution in [0.15, 0.2) is 42.1 Å². The largest absolute Gasteiger partial charge is 0.297 e. The Hall–Kier alpha value is -1.20. The normalized spacial score (nSPS) is 11.1. The summed E-state index contributed by atoms with van der Waals surface area (Å²) >= 11 is 0. The smallest absolute Gasteiger partial charge is 0.265 e. The van der Waals surface area contributed by atoms with E-state index < -0.39 is 10.1 Å². The van der Waals surface area contributed by atoms with Crippen LogP contribution < -0.4 is 0 Å². The molecule has 0 unspecified atom stereocenters. The summed E-state index contributed by atoms with van der Waals surface area (Å²) in [5.74, 6) is 0. The standard InChI is InChI=1S/C8H9NO3S/c1-2-7-12-13(10,11)8-3-5-9-6-4-8/h2-6H,1,7H2. The minimum Gasteiger partial charge on any atom is -0.265 e. The first-order valence-corrected chi connectivity index (χ1v) is 4.98. The average molecular weight is 199 g/mol. The molecule has 0 amide bonds. The van der Waals surface area contributed by atoms with Crippen molar-refractivity contribution in [2.24, 2.45) is 0 Å². The van der Waals surface area contributed by atoms with E-state index in [0.29, 0.717) is 0 Å². The molecule has 1 aromatic rings. The topological polar surface area (TPSA) is 56.3 Å². The molecule has 13 heavy (non-hydrogen) atoms. The maximum absolute atomic E-state index is 11.3. The van der Waals surface area contributed by atoms with E-state index >= 15 is 0 Å². The lowest BCUT2D eigenvalue weighted by Gasteiger charge is -2.01. The van der Waals surface area contributed by atoms with Crippen molar-refractivity contribution < 1.29 is 12.6 Å². The predicted molar refractivity (Wildman–Crippen MR) is 47.6 cm³/mol. The summed E-state index contributed by atoms with van der Waals surface area (Å²) in [5.41, 5.74) is 0. The van der Waals surface area contributed by atoms with Crippen LogP contribution in [0.25, 0.3) is 0 Å². The van der Waals surface area contributed by atoms with E-state index in [1.807, 2.05) is 0 Å². The van der Waals surface area contributed by atoms with Crippen molar-refractivity contribution in [1.29, 1.82) is 0 Å². The molecule has 5 heteroatoms. The van der Waals surface area contributed by atoms with E-state index in [1.54, 1.807) is 0 Å². The molecule has 0 saturated heterocycles. The Kier molecular flexibility index (Phi) is 3.16. The fourth-order valence-corrected chi connectivity index (χ4v) is 1.58. The average Bonchev–Trinajstić information content (AvgIpc) is 2.16. The zero-order chi connectivity index (χ0) is 9.73. The van der Waals surface area contributed by atoms with Crippen LogP contribution in [0.5, 0.6) is 0 Å². The van der Waals surface area contributed by atoms with E-state index in [4.69, 9.17) is 0 Å². The van der Waals surface area contributed by atoms with Crippen LogP contribution in [0.1, 0.15) is 0 Å². The van der Waals surface area contributed by atoms with Crippen LogP contribution >= 0.6 is 0 Å². The van der Waals surface area contributed by atoms with Gasteiger partial charge in [0, 0.05) is 12.4 Å². The van der Waals surface area contributed by atoms with Crippen molar-refractivity contribution >= 4 is 10.1 Å². The molecule has 0 aliphatic rings. The highest BCUT2D eigenvalue weighted by Gasteiger charge is 2.12. The molecular weight excluding hydrogens is 190 g/mol. The van der Waals surface area contributed by atoms with Crippen LogP contribution in [-0.2, 0) is 14.3 Å². The lowest BCUT2D eigenvalue weighted by atomic mass is 10.5. The van der Waals surface area contributed by atoms with E-state index in [2.05, 4.69) is 15.7 Å². The fourth-order valence-electron chi connectivity index (χ4n) is 0.711. The molecule has 0 aliphatic carbocycles. The summed E-state index contributed by atoms with van der Waals surface area (Å²) in [4.78, 5) is 3.80. The van der Waals surface area contributed by atoms with Gasteiger partial charge in [0.05, 0.1) is 11.5 Å². The predicted octanol–water partition coefficient (Wildman–Crippen LogP) is 0.973. The zero-order valence-electron chi connectivity index (χ0n) is 6.88. The Morgan fingerprint density at radius 3 is 2.62 bits per heavy atom. The lowest BCUT2D eigenvalue weighted by Crippen LogP contribution is -2.06. The number of pyridine rings is 1. The molecule has 0 aliphatic heterocycles. The van der Waals surface area contributed by atoms with Gasteiger partial charge in [0.25, 0.3) is 10.1 Å². The third-order valence-corrected chi connectivity index (χ3v) is 2.58. The van der Waals surface area contributed by atoms with Crippen molar-refractivity contribution in [1.82, 2.24) is 4.98 Å². The summed E-state index contributed by atoms with van der Waals surface area (Å²) in [6, 6.07) is 2.75. The third-order valence-electron chi connectivity index (χ3n) is 1.28. The van der Waals surface area contributed by atoms with Crippen molar-refractivity contribution in [3.63, 3.8) is 0 Å². The first-order chi connectivity index (χ1) is 6.17. The minimum atomic E-state index is -3.63. The maximum atomic E-state index is 11.3. The van der Waals surface area contributed by atoms with Gasteiger partial charge in [-0.1, -0.05) is 6.08 Å². The molecule has 0 spiro atoms. The summed E-state index contributed by atoms with van der Waals surface area (Å²) < 4.78 is 27.2. The van der Waals surface area contributed by atoms with Gasteiger partial charge in [0.2, 0.25) is 0 Å². The zero-order valence-corrected chi connectivity index (χ0v) is 7.70. The number of hydrogen-bond donors (Lipinski definition) is 0. The highest BCUT2D eigenvalue weighted by atomic mass is 32.2. The third kappa shape index (κ3) is 2.64. The van der Waals surface area contributed by atoms with Gasteiger partial charge in [-0.2, -0.15) is 8.42 Å². The Morgan fingerprint density at radius 1 is 1.46 bits per heavy atom. The summed E-state index contributed by atoms with van der Waals surface area (Å²) in [6.07, 6.45) is 4.16. The van der Waals surface area contributed by atoms with Gasteiger partial charge in [-0.15, -0.1) is 6.58 Å². The van der Waals surface area contributed by atoms with Crippen molar-refractivity contribution in [3.8, 4) is 0 Å². The van der Waals surface area contributed by atoms with Gasteiger partial charge in [0.15, 0.2) is 0 Å². The van der Waals surface area contributed by atoms with E-state index in [1.165, 1.54) is 30.6 Å². The van der Waals surface area contributed by atoms with Crippen LogP contribution in [-0.4, -0.2) is 20.0 Å². The Balaban J connectivity index is 2.88. The van der Waals surface area contributed by atoms with Gasteiger partial charge in [0.1, 0.15) is 0 Å². The van der Waals surface area contributed by atoms with Crippen molar-refractivity contribution in [3.05, 3.63) is 37.2 Å². The molecule has 0 atom stereocenters. The van der Waals surface area contributed by atoms with Crippen LogP contribution in [0.3, 0.4) is 0 Å². The molecule has 1 aromatic heterocycles. The molecule has 0 bridgehead atoms. The molecule has 4 nitrogen and oxygen atoms in total. The van der Waals surface area contributed by atoms with Crippen molar-refractivity contribution in [2.75, 3.05) is 6.61 Å². The SMILES string of the molecule is C=CCOS(=O)(=O)c1ccncc1. The highest BCUT2D eigenvalue weighted by molar-refractivity contribution is 7.86. The second kappa shape index (κ2) is 4.15. The molecule has 0 aromatic carbocycles. The van der Waals surface area contributed by atoms with Crippen LogP contribution in [0.4, 0.5) is 0 Å². The van der Waals surface area contributed by atoms with Gasteiger partial charge < -0.3 is 0 Å². The maximum Gasteiger partial charge on any atom is 0.297 e. The quantitative estimate of drug-likeness (QED) is 0.535. The Morgan fingerprint density at radius 2 is 2.08 bits per heavy atom. The molecule has 0 N–H and O–H groups in total.